The van der Waals surface area contributed by atoms with Gasteiger partial charge in [0.1, 0.15) is 0 Å². The first-order valence-corrected chi connectivity index (χ1v) is 8.13. The van der Waals surface area contributed by atoms with Crippen molar-refractivity contribution < 1.29 is 4.79 Å². The summed E-state index contributed by atoms with van der Waals surface area (Å²) in [5.41, 5.74) is 3.65. The summed E-state index contributed by atoms with van der Waals surface area (Å²) in [6, 6.07) is 16.4. The SMILES string of the molecule is O=C(NCc1ccc(Br)cc1)C1CCCc2ccccc21. The molecule has 0 saturated heterocycles. The van der Waals surface area contributed by atoms with Gasteiger partial charge in [0, 0.05) is 11.0 Å². The van der Waals surface area contributed by atoms with Crippen LogP contribution in [0.25, 0.3) is 0 Å². The first-order chi connectivity index (χ1) is 10.2. The Morgan fingerprint density at radius 2 is 1.90 bits per heavy atom. The number of hydrogen-bond acceptors (Lipinski definition) is 1. The Labute approximate surface area is 133 Å². The summed E-state index contributed by atoms with van der Waals surface area (Å²) in [4.78, 5) is 12.5. The Hall–Kier alpha value is -1.61. The van der Waals surface area contributed by atoms with Crippen LogP contribution in [0.2, 0.25) is 0 Å². The van der Waals surface area contributed by atoms with E-state index in [4.69, 9.17) is 0 Å². The summed E-state index contributed by atoms with van der Waals surface area (Å²) >= 11 is 3.42. The summed E-state index contributed by atoms with van der Waals surface area (Å²) < 4.78 is 1.05. The Kier molecular flexibility index (Phi) is 4.39. The second kappa shape index (κ2) is 6.44. The lowest BCUT2D eigenvalue weighted by Gasteiger charge is -2.24. The maximum atomic E-state index is 12.5. The number of carbonyl (C=O) groups excluding carboxylic acids is 1. The molecule has 1 N–H and O–H groups in total. The van der Waals surface area contributed by atoms with Crippen LogP contribution in [0.4, 0.5) is 0 Å². The Balaban J connectivity index is 1.68. The second-order valence-electron chi connectivity index (χ2n) is 5.49. The highest BCUT2D eigenvalue weighted by atomic mass is 79.9. The fraction of sp³-hybridized carbons (Fsp3) is 0.278. The van der Waals surface area contributed by atoms with Crippen LogP contribution in [0.5, 0.6) is 0 Å². The minimum atomic E-state index is 0.00500. The minimum absolute atomic E-state index is 0.00500. The van der Waals surface area contributed by atoms with E-state index in [2.05, 4.69) is 39.4 Å². The van der Waals surface area contributed by atoms with E-state index in [-0.39, 0.29) is 11.8 Å². The van der Waals surface area contributed by atoms with Gasteiger partial charge in [-0.1, -0.05) is 52.3 Å². The number of carbonyl (C=O) groups is 1. The maximum absolute atomic E-state index is 12.5. The topological polar surface area (TPSA) is 29.1 Å². The first kappa shape index (κ1) is 14.3. The molecule has 3 heteroatoms. The van der Waals surface area contributed by atoms with Gasteiger partial charge in [-0.05, 0) is 48.1 Å². The van der Waals surface area contributed by atoms with Gasteiger partial charge in [0.25, 0.3) is 0 Å². The molecule has 0 spiro atoms. The van der Waals surface area contributed by atoms with Crippen LogP contribution in [0.15, 0.2) is 53.0 Å². The van der Waals surface area contributed by atoms with E-state index >= 15 is 0 Å². The summed E-state index contributed by atoms with van der Waals surface area (Å²) in [5, 5.41) is 3.07. The number of hydrogen-bond donors (Lipinski definition) is 1. The quantitative estimate of drug-likeness (QED) is 0.889. The highest BCUT2D eigenvalue weighted by Gasteiger charge is 2.25. The number of aryl methyl sites for hydroxylation is 1. The average molecular weight is 344 g/mol. The van der Waals surface area contributed by atoms with Crippen molar-refractivity contribution in [3.63, 3.8) is 0 Å². The fourth-order valence-corrected chi connectivity index (χ4v) is 3.21. The van der Waals surface area contributed by atoms with Crippen LogP contribution in [0.3, 0.4) is 0 Å². The zero-order valence-corrected chi connectivity index (χ0v) is 13.4. The smallest absolute Gasteiger partial charge is 0.227 e. The molecule has 0 bridgehead atoms. The number of rotatable bonds is 3. The number of nitrogens with one attached hydrogen (secondary N) is 1. The predicted molar refractivity (Wildman–Crippen MR) is 88.1 cm³/mol. The molecule has 0 radical (unpaired) electrons. The predicted octanol–water partition coefficient (Wildman–Crippen LogP) is 4.19. The van der Waals surface area contributed by atoms with Crippen LogP contribution >= 0.6 is 15.9 Å². The molecule has 1 unspecified atom stereocenters. The molecule has 0 fully saturated rings. The normalized spacial score (nSPS) is 17.1. The summed E-state index contributed by atoms with van der Waals surface area (Å²) in [7, 11) is 0. The van der Waals surface area contributed by atoms with Crippen LogP contribution in [-0.4, -0.2) is 5.91 Å². The van der Waals surface area contributed by atoms with Crippen LogP contribution in [0.1, 0.15) is 35.4 Å². The Bertz CT molecular complexity index is 636. The van der Waals surface area contributed by atoms with Gasteiger partial charge in [0.15, 0.2) is 0 Å². The summed E-state index contributed by atoms with van der Waals surface area (Å²) in [6.07, 6.45) is 3.13. The van der Waals surface area contributed by atoms with E-state index in [9.17, 15) is 4.79 Å². The zero-order chi connectivity index (χ0) is 14.7. The van der Waals surface area contributed by atoms with E-state index < -0.39 is 0 Å². The van der Waals surface area contributed by atoms with Crippen molar-refractivity contribution in [1.82, 2.24) is 5.32 Å². The lowest BCUT2D eigenvalue weighted by Crippen LogP contribution is -2.31. The molecule has 0 aliphatic heterocycles. The summed E-state index contributed by atoms with van der Waals surface area (Å²) in [6.45, 7) is 0.588. The lowest BCUT2D eigenvalue weighted by atomic mass is 9.82. The number of halogens is 1. The first-order valence-electron chi connectivity index (χ1n) is 7.34. The van der Waals surface area contributed by atoms with Gasteiger partial charge in [-0.2, -0.15) is 0 Å². The van der Waals surface area contributed by atoms with Gasteiger partial charge in [0.2, 0.25) is 5.91 Å². The van der Waals surface area contributed by atoms with Gasteiger partial charge in [0.05, 0.1) is 5.92 Å². The fourth-order valence-electron chi connectivity index (χ4n) is 2.94. The molecule has 1 aliphatic carbocycles. The molecule has 2 nitrogen and oxygen atoms in total. The lowest BCUT2D eigenvalue weighted by molar-refractivity contribution is -0.123. The van der Waals surface area contributed by atoms with E-state index in [1.165, 1.54) is 11.1 Å². The summed E-state index contributed by atoms with van der Waals surface area (Å²) in [5.74, 6) is 0.149. The van der Waals surface area contributed by atoms with Crippen molar-refractivity contribution in [3.8, 4) is 0 Å². The third-order valence-electron chi connectivity index (χ3n) is 4.07. The second-order valence-corrected chi connectivity index (χ2v) is 6.40. The van der Waals surface area contributed by atoms with Crippen molar-refractivity contribution in [2.45, 2.75) is 31.7 Å². The molecule has 2 aromatic carbocycles. The molecule has 108 valence electrons. The molecule has 0 heterocycles. The largest absolute Gasteiger partial charge is 0.351 e. The number of benzene rings is 2. The molecule has 0 saturated carbocycles. The van der Waals surface area contributed by atoms with E-state index in [0.29, 0.717) is 6.54 Å². The Morgan fingerprint density at radius 1 is 1.14 bits per heavy atom. The molecule has 0 aromatic heterocycles. The number of fused-ring (bicyclic) bond motifs is 1. The van der Waals surface area contributed by atoms with Gasteiger partial charge in [-0.15, -0.1) is 0 Å². The Morgan fingerprint density at radius 3 is 2.71 bits per heavy atom. The molecular weight excluding hydrogens is 326 g/mol. The molecule has 1 atom stereocenters. The standard InChI is InChI=1S/C18H18BrNO/c19-15-10-8-13(9-11-15)12-20-18(21)17-7-3-5-14-4-1-2-6-16(14)17/h1-2,4,6,8-11,17H,3,5,7,12H2,(H,20,21). The van der Waals surface area contributed by atoms with Crippen LogP contribution < -0.4 is 5.32 Å². The highest BCUT2D eigenvalue weighted by Crippen LogP contribution is 2.31. The van der Waals surface area contributed by atoms with E-state index in [1.54, 1.807) is 0 Å². The third kappa shape index (κ3) is 3.35. The van der Waals surface area contributed by atoms with Crippen molar-refractivity contribution >= 4 is 21.8 Å². The van der Waals surface area contributed by atoms with E-state index in [0.717, 1.165) is 29.3 Å². The molecule has 1 aliphatic rings. The van der Waals surface area contributed by atoms with Crippen LogP contribution in [0, 0.1) is 0 Å². The molecule has 3 rings (SSSR count). The average Bonchev–Trinajstić information content (AvgIpc) is 2.53. The van der Waals surface area contributed by atoms with Crippen molar-refractivity contribution in [2.75, 3.05) is 0 Å². The van der Waals surface area contributed by atoms with E-state index in [1.807, 2.05) is 30.3 Å². The molecular formula is C18H18BrNO. The van der Waals surface area contributed by atoms with Crippen molar-refractivity contribution in [2.24, 2.45) is 0 Å². The van der Waals surface area contributed by atoms with Crippen molar-refractivity contribution in [1.29, 1.82) is 0 Å². The van der Waals surface area contributed by atoms with Crippen LogP contribution in [-0.2, 0) is 17.8 Å². The van der Waals surface area contributed by atoms with Crippen molar-refractivity contribution in [3.05, 3.63) is 69.7 Å². The maximum Gasteiger partial charge on any atom is 0.227 e. The molecule has 21 heavy (non-hydrogen) atoms. The monoisotopic (exact) mass is 343 g/mol. The highest BCUT2D eigenvalue weighted by molar-refractivity contribution is 9.10. The number of amides is 1. The molecule has 1 amide bonds. The molecule has 2 aromatic rings. The van der Waals surface area contributed by atoms with Gasteiger partial charge in [-0.3, -0.25) is 4.79 Å². The van der Waals surface area contributed by atoms with Gasteiger partial charge >= 0.3 is 0 Å². The van der Waals surface area contributed by atoms with Gasteiger partial charge in [-0.25, -0.2) is 0 Å². The third-order valence-corrected chi connectivity index (χ3v) is 4.59. The zero-order valence-electron chi connectivity index (χ0n) is 11.8. The minimum Gasteiger partial charge on any atom is -0.351 e. The van der Waals surface area contributed by atoms with Gasteiger partial charge < -0.3 is 5.32 Å².